The van der Waals surface area contributed by atoms with E-state index in [-0.39, 0.29) is 24.0 Å². The summed E-state index contributed by atoms with van der Waals surface area (Å²) >= 11 is 0. The van der Waals surface area contributed by atoms with Crippen LogP contribution in [0.4, 0.5) is 0 Å². The van der Waals surface area contributed by atoms with Gasteiger partial charge in [0.05, 0.1) is 0 Å². The van der Waals surface area contributed by atoms with Crippen molar-refractivity contribution in [2.75, 3.05) is 0 Å². The van der Waals surface area contributed by atoms with Crippen LogP contribution in [0.3, 0.4) is 0 Å². The average Bonchev–Trinajstić information content (AvgIpc) is 2.62. The maximum Gasteiger partial charge on any atom is 0.280 e. The number of rotatable bonds is 0. The smallest absolute Gasteiger partial charge is 0.280 e. The van der Waals surface area contributed by atoms with Crippen LogP contribution in [0.1, 0.15) is 5.82 Å². The summed E-state index contributed by atoms with van der Waals surface area (Å²) in [5, 5.41) is 0. The summed E-state index contributed by atoms with van der Waals surface area (Å²) in [7, 11) is 0. The van der Waals surface area contributed by atoms with Gasteiger partial charge in [-0.15, -0.1) is 0 Å². The maximum atomic E-state index is 3.35. The second-order valence-corrected chi connectivity index (χ2v) is 3.04. The van der Waals surface area contributed by atoms with Crippen LogP contribution in [0.5, 0.6) is 0 Å². The van der Waals surface area contributed by atoms with Crippen molar-refractivity contribution in [3.8, 4) is 0 Å². The van der Waals surface area contributed by atoms with Gasteiger partial charge in [-0.1, -0.05) is 12.1 Å². The Morgan fingerprint density at radius 2 is 2.08 bits per heavy atom. The lowest BCUT2D eigenvalue weighted by Crippen LogP contribution is -3.00. The van der Waals surface area contributed by atoms with Crippen LogP contribution in [-0.2, 0) is 6.54 Å². The number of nitrogens with zero attached hydrogens (tertiary/aromatic N) is 1. The Bertz CT molecular complexity index is 471. The summed E-state index contributed by atoms with van der Waals surface area (Å²) in [6.07, 6.45) is 4.29. The number of imidazole rings is 1. The van der Waals surface area contributed by atoms with Crippen molar-refractivity contribution in [2.45, 2.75) is 6.54 Å². The van der Waals surface area contributed by atoms with Gasteiger partial charge in [0.2, 0.25) is 0 Å². The van der Waals surface area contributed by atoms with E-state index in [0.29, 0.717) is 0 Å². The molecule has 1 N–H and O–H groups in total. The SMILES string of the molecule is C1=Cc2[nH]c3ccccc3[n+]2C1.[I-]. The van der Waals surface area contributed by atoms with E-state index in [4.69, 9.17) is 0 Å². The number of hydrogen-bond donors (Lipinski definition) is 1. The zero-order valence-electron chi connectivity index (χ0n) is 7.00. The van der Waals surface area contributed by atoms with Crippen LogP contribution in [0.2, 0.25) is 0 Å². The van der Waals surface area contributed by atoms with Gasteiger partial charge in [-0.3, -0.25) is 0 Å². The van der Waals surface area contributed by atoms with E-state index in [1.165, 1.54) is 16.9 Å². The Morgan fingerprint density at radius 3 is 3.00 bits per heavy atom. The van der Waals surface area contributed by atoms with Crippen molar-refractivity contribution in [3.63, 3.8) is 0 Å². The van der Waals surface area contributed by atoms with Crippen LogP contribution in [0.25, 0.3) is 17.1 Å². The summed E-state index contributed by atoms with van der Waals surface area (Å²) < 4.78 is 2.27. The second kappa shape index (κ2) is 3.14. The van der Waals surface area contributed by atoms with Crippen molar-refractivity contribution >= 4 is 17.1 Å². The molecule has 2 aromatic rings. The topological polar surface area (TPSA) is 19.7 Å². The first-order valence-corrected chi connectivity index (χ1v) is 4.12. The molecule has 2 heterocycles. The molecule has 1 aromatic carbocycles. The average molecular weight is 284 g/mol. The fraction of sp³-hybridized carbons (Fsp3) is 0.100. The molecule has 0 amide bonds. The van der Waals surface area contributed by atoms with E-state index in [0.717, 1.165) is 6.54 Å². The highest BCUT2D eigenvalue weighted by Crippen LogP contribution is 2.12. The van der Waals surface area contributed by atoms with Crippen molar-refractivity contribution in [1.82, 2.24) is 4.98 Å². The molecule has 1 aliphatic heterocycles. The minimum absolute atomic E-state index is 0. The van der Waals surface area contributed by atoms with Crippen molar-refractivity contribution in [3.05, 3.63) is 36.2 Å². The molecule has 0 aliphatic carbocycles. The number of para-hydroxylation sites is 2. The predicted octanol–water partition coefficient (Wildman–Crippen LogP) is -1.51. The summed E-state index contributed by atoms with van der Waals surface area (Å²) in [4.78, 5) is 3.35. The molecular formula is C10H9IN2. The molecule has 0 saturated heterocycles. The Balaban J connectivity index is 0.000000653. The summed E-state index contributed by atoms with van der Waals surface area (Å²) in [5.74, 6) is 1.20. The molecule has 0 saturated carbocycles. The third-order valence-electron chi connectivity index (χ3n) is 2.31. The first kappa shape index (κ1) is 8.74. The highest BCUT2D eigenvalue weighted by Gasteiger charge is 2.17. The number of nitrogens with one attached hydrogen (secondary N) is 1. The Hall–Kier alpha value is -0.840. The minimum Gasteiger partial charge on any atom is -1.00 e. The molecule has 13 heavy (non-hydrogen) atoms. The number of fused-ring (bicyclic) bond motifs is 3. The third kappa shape index (κ3) is 1.18. The van der Waals surface area contributed by atoms with E-state index >= 15 is 0 Å². The van der Waals surface area contributed by atoms with Gasteiger partial charge in [0, 0.05) is 6.08 Å². The fourth-order valence-corrected chi connectivity index (χ4v) is 1.75. The van der Waals surface area contributed by atoms with Crippen LogP contribution < -0.4 is 28.5 Å². The molecule has 66 valence electrons. The number of allylic oxidation sites excluding steroid dienone is 1. The largest absolute Gasteiger partial charge is 1.00 e. The molecule has 0 unspecified atom stereocenters. The lowest BCUT2D eigenvalue weighted by molar-refractivity contribution is -0.658. The monoisotopic (exact) mass is 284 g/mol. The highest BCUT2D eigenvalue weighted by atomic mass is 127. The predicted molar refractivity (Wildman–Crippen MR) is 47.5 cm³/mol. The molecule has 0 bridgehead atoms. The zero-order chi connectivity index (χ0) is 7.97. The quantitative estimate of drug-likeness (QED) is 0.448. The Labute approximate surface area is 93.3 Å². The van der Waals surface area contributed by atoms with Crippen LogP contribution in [0, 0.1) is 0 Å². The molecule has 1 aromatic heterocycles. The van der Waals surface area contributed by atoms with E-state index in [1.807, 2.05) is 0 Å². The molecule has 3 rings (SSSR count). The zero-order valence-corrected chi connectivity index (χ0v) is 9.15. The van der Waals surface area contributed by atoms with Gasteiger partial charge in [0.25, 0.3) is 5.82 Å². The first-order chi connectivity index (χ1) is 5.95. The Kier molecular flexibility index (Phi) is 2.11. The number of aromatic amines is 1. The van der Waals surface area contributed by atoms with Gasteiger partial charge >= 0.3 is 0 Å². The van der Waals surface area contributed by atoms with Gasteiger partial charge in [0.15, 0.2) is 11.0 Å². The molecule has 1 aliphatic rings. The van der Waals surface area contributed by atoms with E-state index in [2.05, 4.69) is 46.0 Å². The number of aromatic nitrogens is 2. The third-order valence-corrected chi connectivity index (χ3v) is 2.31. The second-order valence-electron chi connectivity index (χ2n) is 3.04. The molecule has 0 spiro atoms. The summed E-state index contributed by atoms with van der Waals surface area (Å²) in [6, 6.07) is 8.37. The number of benzene rings is 1. The van der Waals surface area contributed by atoms with Gasteiger partial charge < -0.3 is 24.0 Å². The van der Waals surface area contributed by atoms with Crippen LogP contribution in [0.15, 0.2) is 30.3 Å². The highest BCUT2D eigenvalue weighted by molar-refractivity contribution is 5.72. The minimum atomic E-state index is 0. The van der Waals surface area contributed by atoms with E-state index in [9.17, 15) is 0 Å². The number of halogens is 1. The molecule has 0 radical (unpaired) electrons. The van der Waals surface area contributed by atoms with Crippen molar-refractivity contribution in [2.24, 2.45) is 0 Å². The number of H-pyrrole nitrogens is 1. The van der Waals surface area contributed by atoms with Gasteiger partial charge in [0.1, 0.15) is 6.54 Å². The van der Waals surface area contributed by atoms with E-state index in [1.54, 1.807) is 0 Å². The summed E-state index contributed by atoms with van der Waals surface area (Å²) in [6.45, 7) is 0.999. The fourth-order valence-electron chi connectivity index (χ4n) is 1.75. The normalized spacial score (nSPS) is 12.9. The van der Waals surface area contributed by atoms with Gasteiger partial charge in [-0.05, 0) is 18.2 Å². The van der Waals surface area contributed by atoms with Crippen molar-refractivity contribution < 1.29 is 28.5 Å². The van der Waals surface area contributed by atoms with Crippen LogP contribution >= 0.6 is 0 Å². The molecular weight excluding hydrogens is 275 g/mol. The van der Waals surface area contributed by atoms with Crippen LogP contribution in [-0.4, -0.2) is 4.98 Å². The van der Waals surface area contributed by atoms with Gasteiger partial charge in [-0.25, -0.2) is 9.55 Å². The standard InChI is InChI=1S/C10H8N2.HI/c1-2-5-9-8(4-1)11-10-6-3-7-12(9)10;/h1-6H,7H2;1H. The molecule has 2 nitrogen and oxygen atoms in total. The number of hydrogen-bond acceptors (Lipinski definition) is 0. The summed E-state index contributed by atoms with van der Waals surface area (Å²) in [5.41, 5.74) is 2.51. The van der Waals surface area contributed by atoms with Crippen molar-refractivity contribution in [1.29, 1.82) is 0 Å². The maximum absolute atomic E-state index is 3.35. The first-order valence-electron chi connectivity index (χ1n) is 4.12. The van der Waals surface area contributed by atoms with Gasteiger partial charge in [-0.2, -0.15) is 0 Å². The van der Waals surface area contributed by atoms with E-state index < -0.39 is 0 Å². The molecule has 0 atom stereocenters. The molecule has 3 heteroatoms. The lowest BCUT2D eigenvalue weighted by Gasteiger charge is -1.87. The lowest BCUT2D eigenvalue weighted by atomic mass is 10.3. The molecule has 0 fully saturated rings. The Morgan fingerprint density at radius 1 is 1.23 bits per heavy atom.